The molecular formula is C19H16BrFN2O2. The first-order valence-corrected chi connectivity index (χ1v) is 9.01. The van der Waals surface area contributed by atoms with Crippen molar-refractivity contribution in [1.82, 2.24) is 9.88 Å². The van der Waals surface area contributed by atoms with Gasteiger partial charge in [-0.05, 0) is 59.1 Å². The summed E-state index contributed by atoms with van der Waals surface area (Å²) < 4.78 is 19.9. The number of aromatic nitrogens is 1. The molecule has 1 fully saturated rings. The van der Waals surface area contributed by atoms with Gasteiger partial charge in [0, 0.05) is 23.5 Å². The number of likely N-dealkylation sites (tertiary alicyclic amines) is 1. The molecule has 4 nitrogen and oxygen atoms in total. The molecule has 128 valence electrons. The Morgan fingerprint density at radius 3 is 2.72 bits per heavy atom. The topological polar surface area (TPSA) is 46.3 Å². The number of carbonyl (C=O) groups is 1. The fourth-order valence-electron chi connectivity index (χ4n) is 3.23. The molecule has 0 radical (unpaired) electrons. The van der Waals surface area contributed by atoms with Crippen molar-refractivity contribution in [2.75, 3.05) is 13.1 Å². The van der Waals surface area contributed by atoms with E-state index in [1.165, 1.54) is 12.1 Å². The first kappa shape index (κ1) is 16.3. The third kappa shape index (κ3) is 3.18. The maximum Gasteiger partial charge on any atom is 0.255 e. The molecule has 2 aromatic carbocycles. The Morgan fingerprint density at radius 1 is 1.20 bits per heavy atom. The molecule has 3 aromatic rings. The van der Waals surface area contributed by atoms with Crippen molar-refractivity contribution in [3.63, 3.8) is 0 Å². The standard InChI is InChI=1S/C19H16BrFN2O2/c20-15-6-5-13(21)11-14(15)19(24)23-9-7-12(8-10-23)18-22-16-3-1-2-4-17(16)25-18/h1-6,11-12H,7-10H2. The molecule has 1 saturated heterocycles. The normalized spacial score (nSPS) is 15.7. The molecule has 1 aliphatic heterocycles. The van der Waals surface area contributed by atoms with Crippen LogP contribution < -0.4 is 0 Å². The molecule has 1 aliphatic rings. The van der Waals surface area contributed by atoms with Crippen LogP contribution in [0.25, 0.3) is 11.1 Å². The fraction of sp³-hybridized carbons (Fsp3) is 0.263. The van der Waals surface area contributed by atoms with Crippen LogP contribution in [0.1, 0.15) is 35.0 Å². The van der Waals surface area contributed by atoms with Crippen LogP contribution in [-0.2, 0) is 0 Å². The summed E-state index contributed by atoms with van der Waals surface area (Å²) in [5.41, 5.74) is 2.01. The van der Waals surface area contributed by atoms with Crippen molar-refractivity contribution >= 4 is 32.9 Å². The maximum absolute atomic E-state index is 13.4. The highest BCUT2D eigenvalue weighted by atomic mass is 79.9. The Kier molecular flexibility index (Phi) is 4.29. The van der Waals surface area contributed by atoms with Crippen LogP contribution in [0.5, 0.6) is 0 Å². The molecule has 1 amide bonds. The lowest BCUT2D eigenvalue weighted by atomic mass is 9.96. The molecule has 0 atom stereocenters. The van der Waals surface area contributed by atoms with Gasteiger partial charge in [-0.3, -0.25) is 4.79 Å². The number of carbonyl (C=O) groups excluding carboxylic acids is 1. The van der Waals surface area contributed by atoms with Gasteiger partial charge < -0.3 is 9.32 Å². The second kappa shape index (κ2) is 6.59. The van der Waals surface area contributed by atoms with Crippen molar-refractivity contribution in [1.29, 1.82) is 0 Å². The summed E-state index contributed by atoms with van der Waals surface area (Å²) in [4.78, 5) is 19.0. The van der Waals surface area contributed by atoms with E-state index in [2.05, 4.69) is 20.9 Å². The van der Waals surface area contributed by atoms with Crippen LogP contribution in [0.15, 0.2) is 51.4 Å². The monoisotopic (exact) mass is 402 g/mol. The molecule has 25 heavy (non-hydrogen) atoms. The highest BCUT2D eigenvalue weighted by molar-refractivity contribution is 9.10. The lowest BCUT2D eigenvalue weighted by molar-refractivity contribution is 0.0705. The Morgan fingerprint density at radius 2 is 1.96 bits per heavy atom. The van der Waals surface area contributed by atoms with Gasteiger partial charge >= 0.3 is 0 Å². The summed E-state index contributed by atoms with van der Waals surface area (Å²) in [7, 11) is 0. The van der Waals surface area contributed by atoms with Gasteiger partial charge in [-0.25, -0.2) is 9.37 Å². The van der Waals surface area contributed by atoms with E-state index in [4.69, 9.17) is 4.42 Å². The predicted molar refractivity (Wildman–Crippen MR) is 96.0 cm³/mol. The lowest BCUT2D eigenvalue weighted by Crippen LogP contribution is -2.38. The number of fused-ring (bicyclic) bond motifs is 1. The van der Waals surface area contributed by atoms with Crippen LogP contribution in [0, 0.1) is 5.82 Å². The summed E-state index contributed by atoms with van der Waals surface area (Å²) in [6.07, 6.45) is 1.57. The maximum atomic E-state index is 13.4. The van der Waals surface area contributed by atoms with Gasteiger partial charge in [0.1, 0.15) is 11.3 Å². The summed E-state index contributed by atoms with van der Waals surface area (Å²) in [6, 6.07) is 11.9. The zero-order valence-corrected chi connectivity index (χ0v) is 15.0. The van der Waals surface area contributed by atoms with Gasteiger partial charge in [0.25, 0.3) is 5.91 Å². The van der Waals surface area contributed by atoms with E-state index in [1.54, 1.807) is 11.0 Å². The van der Waals surface area contributed by atoms with Crippen molar-refractivity contribution in [3.05, 3.63) is 64.2 Å². The summed E-state index contributed by atoms with van der Waals surface area (Å²) in [5, 5.41) is 0. The molecule has 0 saturated carbocycles. The van der Waals surface area contributed by atoms with Crippen LogP contribution in [0.4, 0.5) is 4.39 Å². The molecule has 4 rings (SSSR count). The Bertz CT molecular complexity index is 899. The highest BCUT2D eigenvalue weighted by Gasteiger charge is 2.28. The zero-order valence-electron chi connectivity index (χ0n) is 13.4. The minimum Gasteiger partial charge on any atom is -0.440 e. The van der Waals surface area contributed by atoms with Crippen molar-refractivity contribution in [2.45, 2.75) is 18.8 Å². The van der Waals surface area contributed by atoms with E-state index < -0.39 is 5.82 Å². The number of halogens is 2. The van der Waals surface area contributed by atoms with Gasteiger partial charge in [0.05, 0.1) is 5.56 Å². The number of piperidine rings is 1. The minimum absolute atomic E-state index is 0.151. The van der Waals surface area contributed by atoms with E-state index in [-0.39, 0.29) is 11.8 Å². The number of amides is 1. The quantitative estimate of drug-likeness (QED) is 0.621. The number of nitrogens with zero attached hydrogens (tertiary/aromatic N) is 2. The van der Waals surface area contributed by atoms with Crippen LogP contribution in [0.3, 0.4) is 0 Å². The second-order valence-corrected chi connectivity index (χ2v) is 7.06. The number of rotatable bonds is 2. The number of para-hydroxylation sites is 2. The average molecular weight is 403 g/mol. The highest BCUT2D eigenvalue weighted by Crippen LogP contribution is 2.31. The number of benzene rings is 2. The van der Waals surface area contributed by atoms with Crippen molar-refractivity contribution in [3.8, 4) is 0 Å². The first-order valence-electron chi connectivity index (χ1n) is 8.21. The first-order chi connectivity index (χ1) is 12.1. The minimum atomic E-state index is -0.409. The SMILES string of the molecule is O=C(c1cc(F)ccc1Br)N1CCC(c2nc3ccccc3o2)CC1. The molecule has 0 spiro atoms. The molecular weight excluding hydrogens is 387 g/mol. The molecule has 1 aromatic heterocycles. The Labute approximate surface area is 152 Å². The molecule has 6 heteroatoms. The summed E-state index contributed by atoms with van der Waals surface area (Å²) in [6.45, 7) is 1.20. The Balaban J connectivity index is 1.47. The smallest absolute Gasteiger partial charge is 0.255 e. The Hall–Kier alpha value is -2.21. The number of hydrogen-bond acceptors (Lipinski definition) is 3. The second-order valence-electron chi connectivity index (χ2n) is 6.21. The van der Waals surface area contributed by atoms with Gasteiger partial charge in [0.15, 0.2) is 11.5 Å². The van der Waals surface area contributed by atoms with E-state index in [0.29, 0.717) is 23.1 Å². The predicted octanol–water partition coefficient (Wildman–Crippen LogP) is 4.75. The molecule has 0 bridgehead atoms. The van der Waals surface area contributed by atoms with E-state index in [9.17, 15) is 9.18 Å². The molecule has 0 unspecified atom stereocenters. The van der Waals surface area contributed by atoms with Crippen molar-refractivity contribution < 1.29 is 13.6 Å². The van der Waals surface area contributed by atoms with Gasteiger partial charge in [-0.15, -0.1) is 0 Å². The summed E-state index contributed by atoms with van der Waals surface area (Å²) >= 11 is 3.33. The van der Waals surface area contributed by atoms with E-state index in [0.717, 1.165) is 29.8 Å². The largest absolute Gasteiger partial charge is 0.440 e. The molecule has 2 heterocycles. The van der Waals surface area contributed by atoms with E-state index in [1.807, 2.05) is 24.3 Å². The third-order valence-corrected chi connectivity index (χ3v) is 5.29. The molecule has 0 N–H and O–H groups in total. The van der Waals surface area contributed by atoms with Crippen LogP contribution in [-0.4, -0.2) is 28.9 Å². The molecule has 0 aliphatic carbocycles. The van der Waals surface area contributed by atoms with Gasteiger partial charge in [-0.2, -0.15) is 0 Å². The van der Waals surface area contributed by atoms with Crippen LogP contribution in [0.2, 0.25) is 0 Å². The van der Waals surface area contributed by atoms with Gasteiger partial charge in [-0.1, -0.05) is 12.1 Å². The fourth-order valence-corrected chi connectivity index (χ4v) is 3.64. The average Bonchev–Trinajstić information content (AvgIpc) is 3.07. The van der Waals surface area contributed by atoms with Gasteiger partial charge in [0.2, 0.25) is 0 Å². The van der Waals surface area contributed by atoms with Crippen LogP contribution >= 0.6 is 15.9 Å². The lowest BCUT2D eigenvalue weighted by Gasteiger charge is -2.31. The van der Waals surface area contributed by atoms with Crippen molar-refractivity contribution in [2.24, 2.45) is 0 Å². The third-order valence-electron chi connectivity index (χ3n) is 4.60. The number of oxazole rings is 1. The summed E-state index contributed by atoms with van der Waals surface area (Å²) in [5.74, 6) is 0.378. The van der Waals surface area contributed by atoms with E-state index >= 15 is 0 Å². The zero-order chi connectivity index (χ0) is 17.4. The number of hydrogen-bond donors (Lipinski definition) is 0.